The minimum atomic E-state index is -0.421. The highest BCUT2D eigenvalue weighted by molar-refractivity contribution is 6.00. The molecule has 25 heavy (non-hydrogen) atoms. The molecule has 1 aliphatic heterocycles. The molecule has 128 valence electrons. The van der Waals surface area contributed by atoms with E-state index in [0.29, 0.717) is 11.3 Å². The molecule has 0 saturated carbocycles. The Kier molecular flexibility index (Phi) is 3.53. The third-order valence-corrected chi connectivity index (χ3v) is 5.18. The summed E-state index contributed by atoms with van der Waals surface area (Å²) in [5, 5.41) is 0. The van der Waals surface area contributed by atoms with Gasteiger partial charge < -0.3 is 15.0 Å². The Morgan fingerprint density at radius 2 is 2.08 bits per heavy atom. The van der Waals surface area contributed by atoms with E-state index in [1.807, 2.05) is 36.7 Å². The van der Waals surface area contributed by atoms with Crippen LogP contribution in [0.3, 0.4) is 0 Å². The molecule has 0 spiro atoms. The second-order valence-corrected chi connectivity index (χ2v) is 6.68. The molecule has 2 N–H and O–H groups in total. The van der Waals surface area contributed by atoms with Gasteiger partial charge in [0.05, 0.1) is 5.52 Å². The lowest BCUT2D eigenvalue weighted by Crippen LogP contribution is -2.21. The number of nitrogens with two attached hydrogens (primary N) is 1. The first kappa shape index (κ1) is 15.7. The molecule has 0 aliphatic carbocycles. The van der Waals surface area contributed by atoms with Crippen molar-refractivity contribution in [2.75, 3.05) is 0 Å². The minimum Gasteiger partial charge on any atom is -0.483 e. The number of ether oxygens (including phenoxy) is 1. The molecule has 5 nitrogen and oxygen atoms in total. The molecule has 5 heteroatoms. The molecule has 0 radical (unpaired) electrons. The van der Waals surface area contributed by atoms with Gasteiger partial charge in [0, 0.05) is 18.2 Å². The van der Waals surface area contributed by atoms with Crippen molar-refractivity contribution < 1.29 is 9.53 Å². The zero-order chi connectivity index (χ0) is 17.7. The van der Waals surface area contributed by atoms with E-state index in [9.17, 15) is 4.79 Å². The quantitative estimate of drug-likeness (QED) is 0.781. The molecule has 1 aliphatic rings. The van der Waals surface area contributed by atoms with Crippen molar-refractivity contribution in [1.82, 2.24) is 9.55 Å². The van der Waals surface area contributed by atoms with E-state index in [2.05, 4.69) is 24.0 Å². The minimum absolute atomic E-state index is 0.0395. The van der Waals surface area contributed by atoms with Gasteiger partial charge in [0.25, 0.3) is 0 Å². The topological polar surface area (TPSA) is 70.1 Å². The highest BCUT2D eigenvalue weighted by atomic mass is 16.5. The summed E-state index contributed by atoms with van der Waals surface area (Å²) in [4.78, 5) is 16.6. The Morgan fingerprint density at radius 1 is 1.32 bits per heavy atom. The zero-order valence-electron chi connectivity index (χ0n) is 14.7. The molecular formula is C20H21N3O2. The predicted molar refractivity (Wildman–Crippen MR) is 96.8 cm³/mol. The fraction of sp³-hybridized carbons (Fsp3) is 0.300. The van der Waals surface area contributed by atoms with Gasteiger partial charge in [-0.05, 0) is 43.9 Å². The van der Waals surface area contributed by atoms with Gasteiger partial charge in [0.15, 0.2) is 5.75 Å². The van der Waals surface area contributed by atoms with Gasteiger partial charge in [-0.3, -0.25) is 4.79 Å². The summed E-state index contributed by atoms with van der Waals surface area (Å²) in [5.74, 6) is 1.16. The second-order valence-electron chi connectivity index (χ2n) is 6.68. The molecule has 0 bridgehead atoms. The molecular weight excluding hydrogens is 314 g/mol. The summed E-state index contributed by atoms with van der Waals surface area (Å²) in [6, 6.07) is 10.1. The normalized spacial score (nSPS) is 16.5. The fourth-order valence-electron chi connectivity index (χ4n) is 3.69. The van der Waals surface area contributed by atoms with Crippen molar-refractivity contribution in [2.24, 2.45) is 12.8 Å². The third kappa shape index (κ3) is 2.38. The van der Waals surface area contributed by atoms with Crippen LogP contribution in [0.2, 0.25) is 0 Å². The van der Waals surface area contributed by atoms with Gasteiger partial charge in [-0.25, -0.2) is 4.98 Å². The van der Waals surface area contributed by atoms with E-state index in [0.717, 1.165) is 35.3 Å². The van der Waals surface area contributed by atoms with Crippen LogP contribution in [0.1, 0.15) is 45.4 Å². The van der Waals surface area contributed by atoms with Crippen molar-refractivity contribution in [3.05, 3.63) is 58.4 Å². The Hall–Kier alpha value is -2.82. The molecule has 2 heterocycles. The first-order valence-electron chi connectivity index (χ1n) is 8.48. The molecule has 3 aromatic rings. The van der Waals surface area contributed by atoms with Crippen LogP contribution in [-0.2, 0) is 13.5 Å². The van der Waals surface area contributed by atoms with Crippen molar-refractivity contribution >= 4 is 16.9 Å². The van der Waals surface area contributed by atoms with Crippen LogP contribution in [-0.4, -0.2) is 15.5 Å². The second kappa shape index (κ2) is 5.62. The first-order chi connectivity index (χ1) is 12.0. The fourth-order valence-corrected chi connectivity index (χ4v) is 3.69. The van der Waals surface area contributed by atoms with Crippen LogP contribution in [0.15, 0.2) is 30.3 Å². The number of rotatable bonds is 2. The number of aromatic nitrogens is 2. The number of amides is 1. The van der Waals surface area contributed by atoms with Crippen LogP contribution in [0.5, 0.6) is 5.75 Å². The number of benzene rings is 2. The average Bonchev–Trinajstić information content (AvgIpc) is 2.89. The van der Waals surface area contributed by atoms with Crippen molar-refractivity contribution in [3.8, 4) is 5.75 Å². The Bertz CT molecular complexity index is 1000. The lowest BCUT2D eigenvalue weighted by molar-refractivity contribution is 0.0996. The van der Waals surface area contributed by atoms with Gasteiger partial charge in [0.1, 0.15) is 17.4 Å². The van der Waals surface area contributed by atoms with Gasteiger partial charge >= 0.3 is 0 Å². The molecule has 2 aromatic carbocycles. The number of primary amides is 1. The highest BCUT2D eigenvalue weighted by Gasteiger charge is 2.29. The Balaban J connectivity index is 1.91. The maximum absolute atomic E-state index is 12.0. The van der Waals surface area contributed by atoms with E-state index < -0.39 is 5.91 Å². The standard InChI is InChI=1S/C20H21N3O2/c1-11-6-4-5-7-13(11)17-9-8-14-15(20(21)24)10-16-18(19(14)25-17)22-12(2)23(16)3/h4-7,10,17H,8-9H2,1-3H3,(H2,21,24)/t17-/m0/s1. The molecule has 4 rings (SSSR count). The van der Waals surface area contributed by atoms with Crippen LogP contribution >= 0.6 is 0 Å². The Labute approximate surface area is 146 Å². The smallest absolute Gasteiger partial charge is 0.249 e. The maximum atomic E-state index is 12.0. The van der Waals surface area contributed by atoms with Gasteiger partial charge in [-0.1, -0.05) is 24.3 Å². The SMILES string of the molecule is Cc1ccccc1[C@@H]1CCc2c(C(N)=O)cc3c(nc(C)n3C)c2O1. The lowest BCUT2D eigenvalue weighted by Gasteiger charge is -2.28. The largest absolute Gasteiger partial charge is 0.483 e. The summed E-state index contributed by atoms with van der Waals surface area (Å²) < 4.78 is 8.35. The zero-order valence-corrected chi connectivity index (χ0v) is 14.7. The van der Waals surface area contributed by atoms with Crippen molar-refractivity contribution in [3.63, 3.8) is 0 Å². The number of carbonyl (C=O) groups is 1. The molecule has 0 unspecified atom stereocenters. The van der Waals surface area contributed by atoms with E-state index in [1.165, 1.54) is 11.1 Å². The molecule has 1 aromatic heterocycles. The highest BCUT2D eigenvalue weighted by Crippen LogP contribution is 2.42. The van der Waals surface area contributed by atoms with Crippen LogP contribution in [0.25, 0.3) is 11.0 Å². The number of hydrogen-bond donors (Lipinski definition) is 1. The number of nitrogens with zero attached hydrogens (tertiary/aromatic N) is 2. The lowest BCUT2D eigenvalue weighted by atomic mass is 9.91. The van der Waals surface area contributed by atoms with Gasteiger partial charge in [-0.15, -0.1) is 0 Å². The van der Waals surface area contributed by atoms with Crippen LogP contribution in [0, 0.1) is 13.8 Å². The van der Waals surface area contributed by atoms with E-state index in [-0.39, 0.29) is 6.10 Å². The summed E-state index contributed by atoms with van der Waals surface area (Å²) in [6.07, 6.45) is 1.52. The number of fused-ring (bicyclic) bond motifs is 3. The summed E-state index contributed by atoms with van der Waals surface area (Å²) in [7, 11) is 1.93. The molecule has 0 fully saturated rings. The number of carbonyl (C=O) groups excluding carboxylic acids is 1. The Morgan fingerprint density at radius 3 is 2.80 bits per heavy atom. The van der Waals surface area contributed by atoms with Crippen LogP contribution in [0.4, 0.5) is 0 Å². The number of aryl methyl sites for hydroxylation is 3. The van der Waals surface area contributed by atoms with Crippen molar-refractivity contribution in [2.45, 2.75) is 32.8 Å². The summed E-state index contributed by atoms with van der Waals surface area (Å²) in [6.45, 7) is 4.03. The monoisotopic (exact) mass is 335 g/mol. The summed E-state index contributed by atoms with van der Waals surface area (Å²) in [5.41, 5.74) is 11.1. The maximum Gasteiger partial charge on any atom is 0.249 e. The number of hydrogen-bond acceptors (Lipinski definition) is 3. The first-order valence-corrected chi connectivity index (χ1v) is 8.48. The molecule has 0 saturated heterocycles. The van der Waals surface area contributed by atoms with E-state index in [4.69, 9.17) is 10.5 Å². The van der Waals surface area contributed by atoms with E-state index >= 15 is 0 Å². The summed E-state index contributed by atoms with van der Waals surface area (Å²) >= 11 is 0. The molecule has 1 amide bonds. The predicted octanol–water partition coefficient (Wildman–Crippen LogP) is 3.36. The number of imidazole rings is 1. The van der Waals surface area contributed by atoms with E-state index in [1.54, 1.807) is 0 Å². The van der Waals surface area contributed by atoms with Crippen molar-refractivity contribution in [1.29, 1.82) is 0 Å². The van der Waals surface area contributed by atoms with Gasteiger partial charge in [-0.2, -0.15) is 0 Å². The molecule has 1 atom stereocenters. The van der Waals surface area contributed by atoms with Gasteiger partial charge in [0.2, 0.25) is 5.91 Å². The average molecular weight is 335 g/mol. The third-order valence-electron chi connectivity index (χ3n) is 5.18. The van der Waals surface area contributed by atoms with Crippen LogP contribution < -0.4 is 10.5 Å².